The number of aromatic nitrogens is 3. The Balaban J connectivity index is 2.88. The van der Waals surface area contributed by atoms with E-state index in [1.165, 1.54) is 10.9 Å². The molecule has 0 aliphatic carbocycles. The summed E-state index contributed by atoms with van der Waals surface area (Å²) in [5.41, 5.74) is 1.21. The van der Waals surface area contributed by atoms with Crippen LogP contribution < -0.4 is 0 Å². The second kappa shape index (κ2) is 6.42. The molecule has 5 heteroatoms. The van der Waals surface area contributed by atoms with Crippen LogP contribution in [0.25, 0.3) is 0 Å². The first kappa shape index (κ1) is 12.9. The minimum atomic E-state index is -0.431. The number of nitrogens with zero attached hydrogens (tertiary/aromatic N) is 3. The molecule has 0 aliphatic heterocycles. The molecule has 5 nitrogen and oxygen atoms in total. The van der Waals surface area contributed by atoms with Crippen molar-refractivity contribution in [3.05, 3.63) is 48.8 Å². The molecule has 90 valence electrons. The molecule has 0 amide bonds. The van der Waals surface area contributed by atoms with Gasteiger partial charge >= 0.3 is 5.97 Å². The quantitative estimate of drug-likeness (QED) is 0.555. The van der Waals surface area contributed by atoms with Crippen molar-refractivity contribution in [2.24, 2.45) is 0 Å². The van der Waals surface area contributed by atoms with E-state index in [4.69, 9.17) is 4.74 Å². The number of hydrogen-bond acceptors (Lipinski definition) is 4. The SMILES string of the molecule is C=C/C=C(\C=C)Cn1nncc1C(=O)OCC. The van der Waals surface area contributed by atoms with Crippen LogP contribution in [0.4, 0.5) is 0 Å². The van der Waals surface area contributed by atoms with Gasteiger partial charge in [0.2, 0.25) is 0 Å². The molecular formula is C12H15N3O2. The first-order valence-electron chi connectivity index (χ1n) is 5.22. The van der Waals surface area contributed by atoms with Crippen molar-refractivity contribution in [2.75, 3.05) is 6.61 Å². The number of hydrogen-bond donors (Lipinski definition) is 0. The molecule has 0 bridgehead atoms. The van der Waals surface area contributed by atoms with Crippen LogP contribution in [-0.4, -0.2) is 27.6 Å². The maximum atomic E-state index is 11.6. The predicted molar refractivity (Wildman–Crippen MR) is 64.5 cm³/mol. The molecule has 0 aromatic carbocycles. The van der Waals surface area contributed by atoms with E-state index in [-0.39, 0.29) is 0 Å². The van der Waals surface area contributed by atoms with Crippen LogP contribution in [0.15, 0.2) is 43.2 Å². The Hall–Kier alpha value is -2.17. The lowest BCUT2D eigenvalue weighted by atomic mass is 10.2. The average Bonchev–Trinajstić information content (AvgIpc) is 2.77. The van der Waals surface area contributed by atoms with Crippen LogP contribution in [-0.2, 0) is 11.3 Å². The van der Waals surface area contributed by atoms with Gasteiger partial charge in [-0.1, -0.05) is 36.6 Å². The fourth-order valence-electron chi connectivity index (χ4n) is 1.25. The number of carbonyl (C=O) groups excluding carboxylic acids is 1. The van der Waals surface area contributed by atoms with E-state index in [1.807, 2.05) is 0 Å². The topological polar surface area (TPSA) is 57.0 Å². The summed E-state index contributed by atoms with van der Waals surface area (Å²) in [5, 5.41) is 7.53. The highest BCUT2D eigenvalue weighted by Crippen LogP contribution is 2.05. The Bertz CT molecular complexity index is 446. The van der Waals surface area contributed by atoms with E-state index in [0.717, 1.165) is 5.57 Å². The third kappa shape index (κ3) is 3.41. The number of esters is 1. The summed E-state index contributed by atoms with van der Waals surface area (Å²) < 4.78 is 6.36. The Labute approximate surface area is 100 Å². The molecule has 0 radical (unpaired) electrons. The van der Waals surface area contributed by atoms with E-state index in [1.54, 1.807) is 25.2 Å². The van der Waals surface area contributed by atoms with Gasteiger partial charge in [0.15, 0.2) is 5.69 Å². The summed E-state index contributed by atoms with van der Waals surface area (Å²) in [6, 6.07) is 0. The Kier molecular flexibility index (Phi) is 4.87. The minimum Gasteiger partial charge on any atom is -0.461 e. The number of carbonyl (C=O) groups is 1. The van der Waals surface area contributed by atoms with E-state index < -0.39 is 5.97 Å². The molecule has 17 heavy (non-hydrogen) atoms. The molecule has 1 aromatic heterocycles. The molecule has 0 aliphatic rings. The smallest absolute Gasteiger partial charge is 0.358 e. The van der Waals surface area contributed by atoms with Gasteiger partial charge in [0.1, 0.15) is 0 Å². The fourth-order valence-corrected chi connectivity index (χ4v) is 1.25. The van der Waals surface area contributed by atoms with Gasteiger partial charge in [-0.3, -0.25) is 0 Å². The largest absolute Gasteiger partial charge is 0.461 e. The van der Waals surface area contributed by atoms with Crippen LogP contribution in [0.2, 0.25) is 0 Å². The highest BCUT2D eigenvalue weighted by atomic mass is 16.5. The summed E-state index contributed by atoms with van der Waals surface area (Å²) >= 11 is 0. The highest BCUT2D eigenvalue weighted by Gasteiger charge is 2.14. The molecule has 1 rings (SSSR count). The zero-order valence-electron chi connectivity index (χ0n) is 9.80. The van der Waals surface area contributed by atoms with Crippen molar-refractivity contribution in [3.63, 3.8) is 0 Å². The first-order valence-corrected chi connectivity index (χ1v) is 5.22. The van der Waals surface area contributed by atoms with Gasteiger partial charge in [-0.2, -0.15) is 0 Å². The summed E-state index contributed by atoms with van der Waals surface area (Å²) in [6.07, 6.45) is 6.51. The summed E-state index contributed by atoms with van der Waals surface area (Å²) in [6.45, 7) is 9.76. The molecule has 1 heterocycles. The maximum absolute atomic E-state index is 11.6. The monoisotopic (exact) mass is 233 g/mol. The van der Waals surface area contributed by atoms with Crippen LogP contribution >= 0.6 is 0 Å². The van der Waals surface area contributed by atoms with Crippen molar-refractivity contribution in [3.8, 4) is 0 Å². The van der Waals surface area contributed by atoms with E-state index in [9.17, 15) is 4.79 Å². The summed E-state index contributed by atoms with van der Waals surface area (Å²) in [5.74, 6) is -0.431. The van der Waals surface area contributed by atoms with Crippen LogP contribution in [0, 0.1) is 0 Å². The normalized spacial score (nSPS) is 11.0. The lowest BCUT2D eigenvalue weighted by Gasteiger charge is -2.05. The van der Waals surface area contributed by atoms with E-state index in [0.29, 0.717) is 18.8 Å². The fraction of sp³-hybridized carbons (Fsp3) is 0.250. The lowest BCUT2D eigenvalue weighted by Crippen LogP contribution is -2.14. The third-order valence-corrected chi connectivity index (χ3v) is 2.03. The van der Waals surface area contributed by atoms with Gasteiger partial charge in [-0.05, 0) is 12.5 Å². The zero-order chi connectivity index (χ0) is 12.7. The Morgan fingerprint density at radius 2 is 2.35 bits per heavy atom. The number of allylic oxidation sites excluding steroid dienone is 4. The zero-order valence-corrected chi connectivity index (χ0v) is 9.80. The average molecular weight is 233 g/mol. The molecule has 0 atom stereocenters. The predicted octanol–water partition coefficient (Wildman–Crippen LogP) is 1.75. The summed E-state index contributed by atoms with van der Waals surface area (Å²) in [4.78, 5) is 11.6. The van der Waals surface area contributed by atoms with Gasteiger partial charge < -0.3 is 4.74 Å². The minimum absolute atomic E-state index is 0.320. The second-order valence-electron chi connectivity index (χ2n) is 3.18. The molecular weight excluding hydrogens is 218 g/mol. The van der Waals surface area contributed by atoms with Crippen molar-refractivity contribution < 1.29 is 9.53 Å². The molecule has 0 saturated heterocycles. The number of rotatable bonds is 6. The van der Waals surface area contributed by atoms with Crippen molar-refractivity contribution in [2.45, 2.75) is 13.5 Å². The van der Waals surface area contributed by atoms with Crippen molar-refractivity contribution in [1.82, 2.24) is 15.0 Å². The van der Waals surface area contributed by atoms with Gasteiger partial charge in [0.05, 0.1) is 19.3 Å². The number of ether oxygens (including phenoxy) is 1. The van der Waals surface area contributed by atoms with Gasteiger partial charge in [0.25, 0.3) is 0 Å². The first-order chi connectivity index (χ1) is 8.22. The maximum Gasteiger partial charge on any atom is 0.358 e. The Morgan fingerprint density at radius 1 is 1.59 bits per heavy atom. The molecule has 0 unspecified atom stereocenters. The second-order valence-corrected chi connectivity index (χ2v) is 3.18. The Morgan fingerprint density at radius 3 is 2.94 bits per heavy atom. The standard InChI is InChI=1S/C12H15N3O2/c1-4-7-10(5-2)9-15-11(8-13-14-15)12(16)17-6-3/h4-5,7-8H,1-2,6,9H2,3H3/b10-7+. The molecule has 0 fully saturated rings. The van der Waals surface area contributed by atoms with Crippen LogP contribution in [0.1, 0.15) is 17.4 Å². The lowest BCUT2D eigenvalue weighted by molar-refractivity contribution is 0.0512. The van der Waals surface area contributed by atoms with Crippen LogP contribution in [0.5, 0.6) is 0 Å². The van der Waals surface area contributed by atoms with Crippen molar-refractivity contribution in [1.29, 1.82) is 0 Å². The highest BCUT2D eigenvalue weighted by molar-refractivity contribution is 5.87. The van der Waals surface area contributed by atoms with Crippen LogP contribution in [0.3, 0.4) is 0 Å². The summed E-state index contributed by atoms with van der Waals surface area (Å²) in [7, 11) is 0. The molecule has 1 aromatic rings. The third-order valence-electron chi connectivity index (χ3n) is 2.03. The van der Waals surface area contributed by atoms with Gasteiger partial charge in [-0.25, -0.2) is 9.48 Å². The molecule has 0 saturated carbocycles. The molecule has 0 spiro atoms. The molecule has 0 N–H and O–H groups in total. The van der Waals surface area contributed by atoms with E-state index >= 15 is 0 Å². The van der Waals surface area contributed by atoms with Gasteiger partial charge in [0, 0.05) is 0 Å². The van der Waals surface area contributed by atoms with Gasteiger partial charge in [-0.15, -0.1) is 5.10 Å². The van der Waals surface area contributed by atoms with Crippen molar-refractivity contribution >= 4 is 5.97 Å². The van der Waals surface area contributed by atoms with E-state index in [2.05, 4.69) is 23.5 Å².